The van der Waals surface area contributed by atoms with Crippen LogP contribution in [0, 0.1) is 0 Å². The van der Waals surface area contributed by atoms with Crippen LogP contribution < -0.4 is 20.7 Å². The van der Waals surface area contributed by atoms with Crippen LogP contribution in [0.2, 0.25) is 0 Å². The number of rotatable bonds is 7. The monoisotopic (exact) mass is 742 g/mol. The first-order valence-electron chi connectivity index (χ1n) is 19.7. The number of hydrogen-bond donors (Lipinski definition) is 0. The molecule has 11 aromatic rings. The summed E-state index contributed by atoms with van der Waals surface area (Å²) in [5.41, 5.74) is 9.56. The van der Waals surface area contributed by atoms with Gasteiger partial charge in [0.1, 0.15) is 0 Å². The molecule has 0 fully saturated rings. The molecule has 0 amide bonds. The Morgan fingerprint density at radius 3 is 1.42 bits per heavy atom. The lowest BCUT2D eigenvalue weighted by Gasteiger charge is -2.34. The Kier molecular flexibility index (Phi) is 7.87. The van der Waals surface area contributed by atoms with Crippen molar-refractivity contribution in [2.75, 3.05) is 0 Å². The zero-order valence-corrected chi connectivity index (χ0v) is 32.3. The van der Waals surface area contributed by atoms with E-state index in [0.29, 0.717) is 0 Å². The van der Waals surface area contributed by atoms with Crippen molar-refractivity contribution in [1.29, 1.82) is 0 Å². The topological polar surface area (TPSA) is 9.86 Å². The van der Waals surface area contributed by atoms with E-state index in [-0.39, 0.29) is 0 Å². The molecule has 0 spiro atoms. The van der Waals surface area contributed by atoms with Crippen molar-refractivity contribution in [3.8, 4) is 22.5 Å². The number of para-hydroxylation sites is 2. The fourth-order valence-corrected chi connectivity index (χ4v) is 14.3. The normalized spacial score (nSPS) is 11.9. The largest absolute Gasteiger partial charge is 0.309 e. The smallest absolute Gasteiger partial charge is 0.179 e. The van der Waals surface area contributed by atoms with Crippen LogP contribution in [-0.4, -0.2) is 17.2 Å². The van der Waals surface area contributed by atoms with Gasteiger partial charge in [0.05, 0.1) is 27.8 Å². The molecule has 57 heavy (non-hydrogen) atoms. The summed E-state index contributed by atoms with van der Waals surface area (Å²) in [4.78, 5) is 0. The molecule has 0 aliphatic rings. The van der Waals surface area contributed by atoms with Gasteiger partial charge in [0.25, 0.3) is 0 Å². The van der Waals surface area contributed by atoms with Crippen molar-refractivity contribution in [2.45, 2.75) is 0 Å². The molecular weight excluding hydrogens is 705 g/mol. The summed E-state index contributed by atoms with van der Waals surface area (Å²) >= 11 is 0. The quantitative estimate of drug-likeness (QED) is 0.114. The van der Waals surface area contributed by atoms with Gasteiger partial charge in [-0.1, -0.05) is 188 Å². The molecule has 2 aromatic heterocycles. The summed E-state index contributed by atoms with van der Waals surface area (Å²) in [6.45, 7) is 0. The van der Waals surface area contributed by atoms with Gasteiger partial charge >= 0.3 is 0 Å². The SMILES string of the molecule is c1ccc(-c2cccc3c2c2ccc([Si](c4ccccc4)(c4ccccc4)c4ccccc4)cc2n3-c2cccc3c2c2ccccc2n3-c2ccccc2)cc1. The summed E-state index contributed by atoms with van der Waals surface area (Å²) in [6, 6.07) is 85.2. The highest BCUT2D eigenvalue weighted by Crippen LogP contribution is 2.42. The molecule has 268 valence electrons. The first-order chi connectivity index (χ1) is 28.3. The molecule has 0 unspecified atom stereocenters. The van der Waals surface area contributed by atoms with Gasteiger partial charge in [-0.15, -0.1) is 0 Å². The third-order valence-corrected chi connectivity index (χ3v) is 16.6. The molecule has 0 aliphatic carbocycles. The molecule has 9 aromatic carbocycles. The van der Waals surface area contributed by atoms with Crippen LogP contribution in [0.25, 0.3) is 66.1 Å². The number of hydrogen-bond acceptors (Lipinski definition) is 0. The molecule has 0 radical (unpaired) electrons. The van der Waals surface area contributed by atoms with Crippen molar-refractivity contribution in [1.82, 2.24) is 9.13 Å². The third-order valence-electron chi connectivity index (χ3n) is 11.9. The second-order valence-electron chi connectivity index (χ2n) is 14.8. The Balaban J connectivity index is 1.31. The summed E-state index contributed by atoms with van der Waals surface area (Å²) in [5.74, 6) is 0. The van der Waals surface area contributed by atoms with E-state index < -0.39 is 8.07 Å². The minimum absolute atomic E-state index is 1.15. The number of nitrogens with zero attached hydrogens (tertiary/aromatic N) is 2. The van der Waals surface area contributed by atoms with E-state index in [2.05, 4.69) is 240 Å². The standard InChI is InChI=1S/C54H38N2Si/c1-6-20-39(21-7-1)45-31-18-33-49-53(45)47-37-36-44(57(41-24-10-3-11-25-41,42-26-12-4-13-27-42)43-28-14-5-15-29-43)38-52(47)56(49)51-35-19-34-50-54(51)46-30-16-17-32-48(46)55(50)40-22-8-2-9-23-40/h1-38H. The van der Waals surface area contributed by atoms with E-state index in [9.17, 15) is 0 Å². The van der Waals surface area contributed by atoms with Crippen LogP contribution in [0.1, 0.15) is 0 Å². The van der Waals surface area contributed by atoms with Gasteiger partial charge in [0, 0.05) is 27.2 Å². The number of aromatic nitrogens is 2. The Bertz CT molecular complexity index is 3110. The van der Waals surface area contributed by atoms with Crippen LogP contribution in [0.5, 0.6) is 0 Å². The van der Waals surface area contributed by atoms with Gasteiger partial charge in [-0.3, -0.25) is 0 Å². The Labute approximate surface area is 333 Å². The average Bonchev–Trinajstić information content (AvgIpc) is 3.81. The van der Waals surface area contributed by atoms with E-state index in [1.165, 1.54) is 81.2 Å². The molecule has 0 N–H and O–H groups in total. The zero-order valence-electron chi connectivity index (χ0n) is 31.3. The lowest BCUT2D eigenvalue weighted by atomic mass is 9.99. The predicted octanol–water partition coefficient (Wildman–Crippen LogP) is 10.9. The molecule has 3 heteroatoms. The molecular formula is C54H38N2Si. The van der Waals surface area contributed by atoms with Crippen molar-refractivity contribution in [3.63, 3.8) is 0 Å². The Morgan fingerprint density at radius 2 is 0.789 bits per heavy atom. The second-order valence-corrected chi connectivity index (χ2v) is 18.6. The van der Waals surface area contributed by atoms with Gasteiger partial charge in [-0.05, 0) is 74.3 Å². The van der Waals surface area contributed by atoms with Gasteiger partial charge < -0.3 is 9.13 Å². The number of benzene rings is 9. The van der Waals surface area contributed by atoms with Crippen molar-refractivity contribution >= 4 is 72.4 Å². The third kappa shape index (κ3) is 5.10. The predicted molar refractivity (Wildman–Crippen MR) is 244 cm³/mol. The summed E-state index contributed by atoms with van der Waals surface area (Å²) < 4.78 is 4.98. The van der Waals surface area contributed by atoms with Crippen molar-refractivity contribution in [2.24, 2.45) is 0 Å². The van der Waals surface area contributed by atoms with Gasteiger partial charge in [-0.25, -0.2) is 0 Å². The highest BCUT2D eigenvalue weighted by Gasteiger charge is 2.41. The fourth-order valence-electron chi connectivity index (χ4n) is 9.52. The van der Waals surface area contributed by atoms with E-state index in [4.69, 9.17) is 0 Å². The van der Waals surface area contributed by atoms with Gasteiger partial charge in [0.15, 0.2) is 8.07 Å². The van der Waals surface area contributed by atoms with Crippen LogP contribution in [0.3, 0.4) is 0 Å². The summed E-state index contributed by atoms with van der Waals surface area (Å²) in [7, 11) is -2.82. The first kappa shape index (κ1) is 33.2. The Hall–Kier alpha value is -7.20. The highest BCUT2D eigenvalue weighted by atomic mass is 28.3. The van der Waals surface area contributed by atoms with Crippen LogP contribution >= 0.6 is 0 Å². The lowest BCUT2D eigenvalue weighted by molar-refractivity contribution is 1.17. The van der Waals surface area contributed by atoms with Gasteiger partial charge in [-0.2, -0.15) is 0 Å². The van der Waals surface area contributed by atoms with Crippen LogP contribution in [-0.2, 0) is 0 Å². The lowest BCUT2D eigenvalue weighted by Crippen LogP contribution is -2.74. The Morgan fingerprint density at radius 1 is 0.298 bits per heavy atom. The van der Waals surface area contributed by atoms with Gasteiger partial charge in [0.2, 0.25) is 0 Å². The zero-order chi connectivity index (χ0) is 37.8. The summed E-state index contributed by atoms with van der Waals surface area (Å²) in [5, 5.41) is 10.4. The molecule has 0 saturated carbocycles. The molecule has 2 nitrogen and oxygen atoms in total. The van der Waals surface area contributed by atoms with E-state index in [1.807, 2.05) is 0 Å². The maximum Gasteiger partial charge on any atom is 0.179 e. The first-order valence-corrected chi connectivity index (χ1v) is 21.7. The molecule has 2 heterocycles. The highest BCUT2D eigenvalue weighted by molar-refractivity contribution is 7.20. The van der Waals surface area contributed by atoms with Crippen LogP contribution in [0.4, 0.5) is 0 Å². The second kappa shape index (κ2) is 13.5. The summed E-state index contributed by atoms with van der Waals surface area (Å²) in [6.07, 6.45) is 0. The fraction of sp³-hybridized carbons (Fsp3) is 0. The average molecular weight is 743 g/mol. The van der Waals surface area contributed by atoms with Crippen molar-refractivity contribution < 1.29 is 0 Å². The van der Waals surface area contributed by atoms with E-state index in [1.54, 1.807) is 0 Å². The van der Waals surface area contributed by atoms with E-state index in [0.717, 1.165) is 5.69 Å². The molecule has 0 aliphatic heterocycles. The van der Waals surface area contributed by atoms with Crippen LogP contribution in [0.15, 0.2) is 231 Å². The molecule has 0 atom stereocenters. The minimum Gasteiger partial charge on any atom is -0.309 e. The van der Waals surface area contributed by atoms with Crippen molar-refractivity contribution in [3.05, 3.63) is 231 Å². The molecule has 0 saturated heterocycles. The number of fused-ring (bicyclic) bond motifs is 6. The maximum atomic E-state index is 2.56. The molecule has 0 bridgehead atoms. The minimum atomic E-state index is -2.82. The van der Waals surface area contributed by atoms with E-state index >= 15 is 0 Å². The maximum absolute atomic E-state index is 2.82. The molecule has 11 rings (SSSR count).